The lowest BCUT2D eigenvalue weighted by atomic mass is 10.1. The molecule has 1 amide bonds. The van der Waals surface area contributed by atoms with E-state index < -0.39 is 18.6 Å². The van der Waals surface area contributed by atoms with Gasteiger partial charge < -0.3 is 19.5 Å². The molecule has 3 rings (SSSR count). The first kappa shape index (κ1) is 19.4. The molecule has 0 aliphatic carbocycles. The van der Waals surface area contributed by atoms with Crippen LogP contribution in [0.5, 0.6) is 11.5 Å². The van der Waals surface area contributed by atoms with E-state index in [1.807, 2.05) is 30.3 Å². The van der Waals surface area contributed by atoms with Crippen molar-refractivity contribution in [3.05, 3.63) is 59.7 Å². The lowest BCUT2D eigenvalue weighted by molar-refractivity contribution is -0.146. The van der Waals surface area contributed by atoms with Crippen LogP contribution in [0.1, 0.15) is 22.8 Å². The Kier molecular flexibility index (Phi) is 6.26. The van der Waals surface area contributed by atoms with Gasteiger partial charge in [0.1, 0.15) is 19.3 Å². The Hall–Kier alpha value is -3.35. The molecule has 1 heterocycles. The first-order valence-corrected chi connectivity index (χ1v) is 8.93. The van der Waals surface area contributed by atoms with Crippen LogP contribution in [0.15, 0.2) is 48.5 Å². The number of esters is 1. The highest BCUT2D eigenvalue weighted by Crippen LogP contribution is 2.30. The van der Waals surface area contributed by atoms with Crippen molar-refractivity contribution in [3.63, 3.8) is 0 Å². The summed E-state index contributed by atoms with van der Waals surface area (Å²) in [4.78, 5) is 36.2. The minimum atomic E-state index is -0.868. The van der Waals surface area contributed by atoms with E-state index in [0.717, 1.165) is 5.56 Å². The highest BCUT2D eigenvalue weighted by molar-refractivity contribution is 5.98. The minimum absolute atomic E-state index is 0.275. The predicted molar refractivity (Wildman–Crippen MR) is 100 cm³/mol. The van der Waals surface area contributed by atoms with Gasteiger partial charge in [0, 0.05) is 18.9 Å². The fourth-order valence-corrected chi connectivity index (χ4v) is 2.83. The Morgan fingerprint density at radius 3 is 2.46 bits per heavy atom. The van der Waals surface area contributed by atoms with Crippen LogP contribution in [-0.2, 0) is 20.7 Å². The van der Waals surface area contributed by atoms with Gasteiger partial charge in [-0.25, -0.2) is 4.79 Å². The van der Waals surface area contributed by atoms with E-state index in [1.165, 1.54) is 6.92 Å². The Morgan fingerprint density at radius 2 is 1.75 bits per heavy atom. The van der Waals surface area contributed by atoms with Gasteiger partial charge >= 0.3 is 5.97 Å². The molecule has 0 saturated carbocycles. The SMILES string of the molecule is CC(=O)N[C@@H](Cc1ccccc1)C(=O)OCC(=O)c1ccc2c(c1)OCCO2. The number of nitrogens with one attached hydrogen (secondary N) is 1. The fourth-order valence-electron chi connectivity index (χ4n) is 2.83. The van der Waals surface area contributed by atoms with Crippen molar-refractivity contribution in [1.82, 2.24) is 5.32 Å². The molecule has 146 valence electrons. The summed E-state index contributed by atoms with van der Waals surface area (Å²) in [6.07, 6.45) is 0.275. The van der Waals surface area contributed by atoms with Crippen LogP contribution in [0, 0.1) is 0 Å². The molecule has 0 aromatic heterocycles. The van der Waals surface area contributed by atoms with Gasteiger partial charge in [-0.05, 0) is 23.8 Å². The molecular weight excluding hydrogens is 362 g/mol. The van der Waals surface area contributed by atoms with Gasteiger partial charge in [-0.15, -0.1) is 0 Å². The maximum Gasteiger partial charge on any atom is 0.329 e. The van der Waals surface area contributed by atoms with Gasteiger partial charge in [0.15, 0.2) is 23.9 Å². The molecule has 0 fully saturated rings. The Morgan fingerprint density at radius 1 is 1.04 bits per heavy atom. The lowest BCUT2D eigenvalue weighted by Gasteiger charge is -2.19. The molecule has 1 aliphatic heterocycles. The summed E-state index contributed by atoms with van der Waals surface area (Å²) >= 11 is 0. The van der Waals surface area contributed by atoms with Crippen LogP contribution >= 0.6 is 0 Å². The van der Waals surface area contributed by atoms with Crippen molar-refractivity contribution < 1.29 is 28.6 Å². The summed E-state index contributed by atoms with van der Waals surface area (Å²) < 4.78 is 16.0. The zero-order valence-electron chi connectivity index (χ0n) is 15.5. The smallest absolute Gasteiger partial charge is 0.329 e. The summed E-state index contributed by atoms with van der Waals surface area (Å²) in [7, 11) is 0. The maximum absolute atomic E-state index is 12.4. The molecule has 1 N–H and O–H groups in total. The number of benzene rings is 2. The van der Waals surface area contributed by atoms with Crippen molar-refractivity contribution in [3.8, 4) is 11.5 Å². The van der Waals surface area contributed by atoms with Crippen LogP contribution in [0.3, 0.4) is 0 Å². The van der Waals surface area contributed by atoms with E-state index >= 15 is 0 Å². The predicted octanol–water partition coefficient (Wildman–Crippen LogP) is 1.93. The number of hydrogen-bond donors (Lipinski definition) is 1. The summed E-state index contributed by atoms with van der Waals surface area (Å²) in [6.45, 7) is 1.77. The second-order valence-corrected chi connectivity index (χ2v) is 6.33. The molecule has 2 aromatic carbocycles. The third kappa shape index (κ3) is 5.09. The normalized spacial score (nSPS) is 13.3. The van der Waals surface area contributed by atoms with Crippen LogP contribution in [0.2, 0.25) is 0 Å². The monoisotopic (exact) mass is 383 g/mol. The van der Waals surface area contributed by atoms with E-state index in [0.29, 0.717) is 30.3 Å². The Labute approximate surface area is 162 Å². The van der Waals surface area contributed by atoms with E-state index in [-0.39, 0.29) is 18.1 Å². The third-order valence-electron chi connectivity index (χ3n) is 4.15. The lowest BCUT2D eigenvalue weighted by Crippen LogP contribution is -2.42. The molecule has 2 aromatic rings. The second kappa shape index (κ2) is 9.03. The molecular formula is C21H21NO6. The largest absolute Gasteiger partial charge is 0.486 e. The standard InChI is InChI=1S/C21H21NO6/c1-14(23)22-17(11-15-5-3-2-4-6-15)21(25)28-13-18(24)16-7-8-19-20(12-16)27-10-9-26-19/h2-8,12,17H,9-11,13H2,1H3,(H,22,23)/t17-/m0/s1. The third-order valence-corrected chi connectivity index (χ3v) is 4.15. The summed E-state index contributed by atoms with van der Waals surface area (Å²) in [5.74, 6) is -0.315. The first-order valence-electron chi connectivity index (χ1n) is 8.93. The van der Waals surface area contributed by atoms with E-state index in [9.17, 15) is 14.4 Å². The molecule has 0 bridgehead atoms. The highest BCUT2D eigenvalue weighted by Gasteiger charge is 2.23. The molecule has 0 saturated heterocycles. The number of amides is 1. The van der Waals surface area contributed by atoms with E-state index in [2.05, 4.69) is 5.32 Å². The van der Waals surface area contributed by atoms with Crippen molar-refractivity contribution in [2.45, 2.75) is 19.4 Å². The Balaban J connectivity index is 1.61. The number of ketones is 1. The molecule has 0 unspecified atom stereocenters. The Bertz CT molecular complexity index is 864. The molecule has 0 spiro atoms. The summed E-state index contributed by atoms with van der Waals surface area (Å²) in [5, 5.41) is 2.57. The zero-order chi connectivity index (χ0) is 19.9. The average Bonchev–Trinajstić information content (AvgIpc) is 2.71. The number of carbonyl (C=O) groups excluding carboxylic acids is 3. The summed E-state index contributed by atoms with van der Waals surface area (Å²) in [5.41, 5.74) is 1.23. The summed E-state index contributed by atoms with van der Waals surface area (Å²) in [6, 6.07) is 13.2. The molecule has 7 nitrogen and oxygen atoms in total. The van der Waals surface area contributed by atoms with Crippen molar-refractivity contribution >= 4 is 17.7 Å². The van der Waals surface area contributed by atoms with Crippen molar-refractivity contribution in [1.29, 1.82) is 0 Å². The van der Waals surface area contributed by atoms with Gasteiger partial charge in [0.05, 0.1) is 0 Å². The van der Waals surface area contributed by atoms with E-state index in [1.54, 1.807) is 18.2 Å². The topological polar surface area (TPSA) is 90.9 Å². The van der Waals surface area contributed by atoms with Gasteiger partial charge in [-0.3, -0.25) is 9.59 Å². The van der Waals surface area contributed by atoms with Crippen molar-refractivity contribution in [2.75, 3.05) is 19.8 Å². The average molecular weight is 383 g/mol. The van der Waals surface area contributed by atoms with Crippen molar-refractivity contribution in [2.24, 2.45) is 0 Å². The first-order chi connectivity index (χ1) is 13.5. The van der Waals surface area contributed by atoms with E-state index in [4.69, 9.17) is 14.2 Å². The number of rotatable bonds is 7. The minimum Gasteiger partial charge on any atom is -0.486 e. The fraction of sp³-hybridized carbons (Fsp3) is 0.286. The second-order valence-electron chi connectivity index (χ2n) is 6.33. The molecule has 7 heteroatoms. The molecule has 1 aliphatic rings. The van der Waals surface area contributed by atoms with Gasteiger partial charge in [0.2, 0.25) is 5.91 Å². The number of ether oxygens (including phenoxy) is 3. The number of Topliss-reactive ketones (excluding diaryl/α,β-unsaturated/α-hetero) is 1. The molecule has 0 radical (unpaired) electrons. The quantitative estimate of drug-likeness (QED) is 0.580. The maximum atomic E-state index is 12.4. The van der Waals surface area contributed by atoms with Gasteiger partial charge in [0.25, 0.3) is 0 Å². The van der Waals surface area contributed by atoms with Crippen LogP contribution < -0.4 is 14.8 Å². The van der Waals surface area contributed by atoms with Crippen LogP contribution in [0.25, 0.3) is 0 Å². The molecule has 1 atom stereocenters. The number of fused-ring (bicyclic) bond motifs is 1. The zero-order valence-corrected chi connectivity index (χ0v) is 15.5. The number of carbonyl (C=O) groups is 3. The molecule has 28 heavy (non-hydrogen) atoms. The van der Waals surface area contributed by atoms with Crippen LogP contribution in [0.4, 0.5) is 0 Å². The number of hydrogen-bond acceptors (Lipinski definition) is 6. The van der Waals surface area contributed by atoms with Crippen LogP contribution in [-0.4, -0.2) is 43.5 Å². The van der Waals surface area contributed by atoms with Gasteiger partial charge in [-0.2, -0.15) is 0 Å². The highest BCUT2D eigenvalue weighted by atomic mass is 16.6. The van der Waals surface area contributed by atoms with Gasteiger partial charge in [-0.1, -0.05) is 30.3 Å².